The number of carbonyl (C=O) groups is 4. The van der Waals surface area contributed by atoms with Crippen LogP contribution < -0.4 is 10.2 Å². The summed E-state index contributed by atoms with van der Waals surface area (Å²) in [5.74, 6) is -2.99. The summed E-state index contributed by atoms with van der Waals surface area (Å²) in [4.78, 5) is 49.2. The number of amides is 1. The molecule has 0 radical (unpaired) electrons. The van der Waals surface area contributed by atoms with Gasteiger partial charge in [0.2, 0.25) is 5.91 Å². The Kier molecular flexibility index (Phi) is 11.8. The van der Waals surface area contributed by atoms with E-state index in [0.717, 1.165) is 12.3 Å². The smallest absolute Gasteiger partial charge is 0.323 e. The molecule has 228 valence electrons. The van der Waals surface area contributed by atoms with E-state index >= 15 is 4.39 Å². The Morgan fingerprint density at radius 2 is 1.62 bits per heavy atom. The lowest BCUT2D eigenvalue weighted by molar-refractivity contribution is -0.192. The number of esters is 2. The van der Waals surface area contributed by atoms with Crippen molar-refractivity contribution in [3.8, 4) is 0 Å². The van der Waals surface area contributed by atoms with Gasteiger partial charge < -0.3 is 23.8 Å². The van der Waals surface area contributed by atoms with Crippen LogP contribution in [-0.4, -0.2) is 95.1 Å². The molecule has 0 aromatic rings. The monoisotopic (exact) mass is 617 g/mol. The number of nitrogens with one attached hydrogen (secondary N) is 2. The Bertz CT molecular complexity index is 1020. The van der Waals surface area contributed by atoms with Gasteiger partial charge in [-0.1, -0.05) is 0 Å². The van der Waals surface area contributed by atoms with Gasteiger partial charge in [-0.2, -0.15) is 0 Å². The molecule has 2 aliphatic heterocycles. The highest BCUT2D eigenvalue weighted by Gasteiger charge is 2.63. The number of rotatable bonds is 13. The van der Waals surface area contributed by atoms with Crippen molar-refractivity contribution in [3.05, 3.63) is 12.3 Å². The van der Waals surface area contributed by atoms with Gasteiger partial charge in [0.05, 0.1) is 25.2 Å². The topological polar surface area (TPSA) is 153 Å². The summed E-state index contributed by atoms with van der Waals surface area (Å²) in [5, 5.41) is 15.7. The number of carbonyl (C=O) groups excluding carboxylic acids is 4. The minimum Gasteiger partial charge on any atom is -0.462 e. The number of allylic oxidation sites excluding steroid dienone is 1. The molecule has 12 nitrogen and oxygen atoms in total. The number of alkyl halides is 3. The number of hydrogen-bond donors (Lipinski definition) is 3. The van der Waals surface area contributed by atoms with Gasteiger partial charge in [0, 0.05) is 6.20 Å². The van der Waals surface area contributed by atoms with Gasteiger partial charge in [-0.3, -0.25) is 24.1 Å². The molecule has 0 aromatic heterocycles. The molecule has 1 amide bonds. The second kappa shape index (κ2) is 13.8. The Morgan fingerprint density at radius 1 is 1.12 bits per heavy atom. The van der Waals surface area contributed by atoms with Crippen LogP contribution in [0.2, 0.25) is 0 Å². The molecule has 2 aliphatic rings. The second-order valence-electron chi connectivity index (χ2n) is 9.91. The second-order valence-corrected chi connectivity index (χ2v) is 13.3. The van der Waals surface area contributed by atoms with Crippen molar-refractivity contribution < 1.29 is 56.2 Å². The number of aliphatic hydroxyl groups is 1. The first kappa shape index (κ1) is 34.3. The molecule has 0 saturated carbocycles. The van der Waals surface area contributed by atoms with Crippen molar-refractivity contribution in [1.29, 1.82) is 0 Å². The van der Waals surface area contributed by atoms with Crippen LogP contribution in [0.25, 0.3) is 0 Å². The maximum atomic E-state index is 15.4. The number of ether oxygens (including phenoxy) is 3. The lowest BCUT2D eigenvalue weighted by Gasteiger charge is -2.35. The predicted molar refractivity (Wildman–Crippen MR) is 138 cm³/mol. The quantitative estimate of drug-likeness (QED) is 0.156. The van der Waals surface area contributed by atoms with E-state index in [1.165, 1.54) is 13.8 Å². The summed E-state index contributed by atoms with van der Waals surface area (Å²) in [6.45, 7) is 4.01. The Balaban J connectivity index is 2.35. The predicted octanol–water partition coefficient (Wildman–Crippen LogP) is 1.46. The molecule has 0 aromatic carbocycles. The lowest BCUT2D eigenvalue weighted by Crippen LogP contribution is -2.52. The minimum atomic E-state index is -3.85. The standard InChI is InChI=1S/C23H35F3N3O9PS/c1-11(2)36-20(33)13(5)27-39(40,28-14(6)21(34)37-12(3)4)35-10-23(22(25)26)18(24)17(32)19(38-23)29-8-7-15(30)9-16(29)31/h7-8,11-14,17-19,22,32H,9-10H2,1-6H3,(H2,27,28,40)/t13-,14-,17+,18+,19+,23+/m0/s1. The van der Waals surface area contributed by atoms with E-state index < -0.39 is 98.0 Å². The van der Waals surface area contributed by atoms with Gasteiger partial charge in [-0.25, -0.2) is 23.3 Å². The fourth-order valence-corrected chi connectivity index (χ4v) is 6.67. The van der Waals surface area contributed by atoms with Gasteiger partial charge in [0.1, 0.15) is 18.2 Å². The van der Waals surface area contributed by atoms with Crippen LogP contribution in [0, 0.1) is 0 Å². The first-order valence-electron chi connectivity index (χ1n) is 12.4. The Labute approximate surface area is 235 Å². The van der Waals surface area contributed by atoms with Crippen molar-refractivity contribution in [3.63, 3.8) is 0 Å². The highest BCUT2D eigenvalue weighted by atomic mass is 32.4. The number of ketones is 1. The zero-order chi connectivity index (χ0) is 30.6. The molecule has 17 heteroatoms. The van der Waals surface area contributed by atoms with Gasteiger partial charge in [0.15, 0.2) is 30.4 Å². The zero-order valence-electron chi connectivity index (χ0n) is 22.8. The van der Waals surface area contributed by atoms with Crippen molar-refractivity contribution in [2.24, 2.45) is 0 Å². The maximum Gasteiger partial charge on any atom is 0.323 e. The van der Waals surface area contributed by atoms with Crippen LogP contribution in [0.3, 0.4) is 0 Å². The summed E-state index contributed by atoms with van der Waals surface area (Å²) in [6, 6.07) is -2.32. The summed E-state index contributed by atoms with van der Waals surface area (Å²) in [5.41, 5.74) is -3.11. The van der Waals surface area contributed by atoms with Crippen molar-refractivity contribution in [2.75, 3.05) is 6.61 Å². The van der Waals surface area contributed by atoms with E-state index in [1.54, 1.807) is 27.7 Å². The van der Waals surface area contributed by atoms with Gasteiger partial charge in [-0.15, -0.1) is 0 Å². The largest absolute Gasteiger partial charge is 0.462 e. The van der Waals surface area contributed by atoms with E-state index in [4.69, 9.17) is 30.5 Å². The van der Waals surface area contributed by atoms with Crippen LogP contribution in [0.4, 0.5) is 13.2 Å². The zero-order valence-corrected chi connectivity index (χ0v) is 24.5. The van der Waals surface area contributed by atoms with Crippen LogP contribution in [0.1, 0.15) is 48.0 Å². The molecule has 0 spiro atoms. The number of nitrogens with zero attached hydrogens (tertiary/aromatic N) is 1. The van der Waals surface area contributed by atoms with Crippen LogP contribution in [-0.2, 0) is 49.7 Å². The van der Waals surface area contributed by atoms with E-state index in [0.29, 0.717) is 4.90 Å². The van der Waals surface area contributed by atoms with Crippen LogP contribution >= 0.6 is 6.57 Å². The van der Waals surface area contributed by atoms with Gasteiger partial charge in [0.25, 0.3) is 6.43 Å². The molecule has 1 fully saturated rings. The maximum absolute atomic E-state index is 15.4. The minimum absolute atomic E-state index is 0.495. The molecule has 40 heavy (non-hydrogen) atoms. The Morgan fingerprint density at radius 3 is 2.05 bits per heavy atom. The van der Waals surface area contributed by atoms with Gasteiger partial charge >= 0.3 is 11.9 Å². The number of halogens is 3. The number of aliphatic hydroxyl groups excluding tert-OH is 1. The average molecular weight is 618 g/mol. The summed E-state index contributed by atoms with van der Waals surface area (Å²) in [6.07, 6.45) is -10.2. The molecule has 6 atom stereocenters. The summed E-state index contributed by atoms with van der Waals surface area (Å²) in [7, 11) is 0. The van der Waals surface area contributed by atoms with Gasteiger partial charge in [-0.05, 0) is 59.4 Å². The highest BCUT2D eigenvalue weighted by Crippen LogP contribution is 2.46. The molecule has 0 unspecified atom stereocenters. The van der Waals surface area contributed by atoms with E-state index in [1.807, 2.05) is 0 Å². The normalized spacial score (nSPS) is 27.0. The summed E-state index contributed by atoms with van der Waals surface area (Å²) < 4.78 is 65.3. The van der Waals surface area contributed by atoms with Crippen molar-refractivity contribution in [1.82, 2.24) is 15.1 Å². The van der Waals surface area contributed by atoms with Crippen LogP contribution in [0.15, 0.2) is 12.3 Å². The molecule has 0 bridgehead atoms. The molecule has 2 heterocycles. The molecular weight excluding hydrogens is 582 g/mol. The van der Waals surface area contributed by atoms with Crippen molar-refractivity contribution >= 4 is 42.0 Å². The first-order chi connectivity index (χ1) is 18.4. The fraction of sp³-hybridized carbons (Fsp3) is 0.739. The third-order valence-corrected chi connectivity index (χ3v) is 8.58. The number of hydrogen-bond acceptors (Lipinski definition) is 10. The molecule has 2 rings (SSSR count). The Hall–Kier alpha value is -1.94. The third-order valence-electron chi connectivity index (χ3n) is 5.69. The molecule has 1 saturated heterocycles. The molecule has 3 N–H and O–H groups in total. The summed E-state index contributed by atoms with van der Waals surface area (Å²) >= 11 is 5.50. The highest BCUT2D eigenvalue weighted by molar-refractivity contribution is 8.10. The van der Waals surface area contributed by atoms with Crippen molar-refractivity contribution in [2.45, 2.75) is 103 Å². The lowest BCUT2D eigenvalue weighted by atomic mass is 9.98. The molecular formula is C23H35F3N3O9PS. The van der Waals surface area contributed by atoms with E-state index in [-0.39, 0.29) is 0 Å². The fourth-order valence-electron chi connectivity index (χ4n) is 3.72. The van der Waals surface area contributed by atoms with E-state index in [2.05, 4.69) is 10.2 Å². The third kappa shape index (κ3) is 8.30. The molecule has 0 aliphatic carbocycles. The average Bonchev–Trinajstić information content (AvgIpc) is 3.08. The van der Waals surface area contributed by atoms with Crippen LogP contribution in [0.5, 0.6) is 0 Å². The van der Waals surface area contributed by atoms with E-state index in [9.17, 15) is 33.1 Å². The first-order valence-corrected chi connectivity index (χ1v) is 15.2. The SMILES string of the molecule is CC(C)OC(=O)[C@H](C)NP(=S)(N[C@@H](C)C(=O)OC(C)C)OC[C@@]1(C(F)F)O[C@@H](N2C=CC(=O)CC2=O)[C@H](O)[C@H]1F.